The number of ketones is 1. The van der Waals surface area contributed by atoms with E-state index in [0.717, 1.165) is 18.8 Å². The first-order valence-corrected chi connectivity index (χ1v) is 7.78. The van der Waals surface area contributed by atoms with Crippen LogP contribution in [-0.4, -0.2) is 5.78 Å². The molecule has 1 aromatic rings. The van der Waals surface area contributed by atoms with Gasteiger partial charge in [0.2, 0.25) is 0 Å². The largest absolute Gasteiger partial charge is 0.299 e. The average molecular weight is 258 g/mol. The van der Waals surface area contributed by atoms with E-state index in [-0.39, 0.29) is 0 Å². The molecule has 1 heteroatoms. The molecular weight excluding hydrogens is 232 g/mol. The van der Waals surface area contributed by atoms with Gasteiger partial charge in [0, 0.05) is 12.3 Å². The van der Waals surface area contributed by atoms with E-state index in [1.807, 2.05) is 12.1 Å². The minimum Gasteiger partial charge on any atom is -0.299 e. The van der Waals surface area contributed by atoms with Crippen LogP contribution in [0.15, 0.2) is 24.3 Å². The Kier molecular flexibility index (Phi) is 5.18. The number of carbonyl (C=O) groups is 1. The van der Waals surface area contributed by atoms with Gasteiger partial charge in [-0.05, 0) is 49.7 Å². The standard InChI is InChI=1S/C18H26O/c1-3-6-15-9-11-16(12-10-15)18(19)13-17-8-5-4-7-14(17)2/h4-5,7-8,15-16H,3,6,9-13H2,1-2H3. The minimum atomic E-state index is 0.327. The van der Waals surface area contributed by atoms with Crippen LogP contribution in [0.1, 0.15) is 56.6 Å². The Morgan fingerprint density at radius 1 is 1.16 bits per heavy atom. The zero-order chi connectivity index (χ0) is 13.7. The molecule has 0 aliphatic heterocycles. The summed E-state index contributed by atoms with van der Waals surface area (Å²) in [6.45, 7) is 4.36. The van der Waals surface area contributed by atoms with Crippen LogP contribution in [0, 0.1) is 18.8 Å². The van der Waals surface area contributed by atoms with Crippen LogP contribution in [0.25, 0.3) is 0 Å². The van der Waals surface area contributed by atoms with Crippen LogP contribution in [-0.2, 0) is 11.2 Å². The third-order valence-corrected chi connectivity index (χ3v) is 4.62. The minimum absolute atomic E-state index is 0.327. The zero-order valence-corrected chi connectivity index (χ0v) is 12.3. The van der Waals surface area contributed by atoms with E-state index in [4.69, 9.17) is 0 Å². The first kappa shape index (κ1) is 14.3. The molecule has 1 fully saturated rings. The molecule has 1 saturated carbocycles. The SMILES string of the molecule is CCCC1CCC(C(=O)Cc2ccccc2C)CC1. The fourth-order valence-corrected chi connectivity index (χ4v) is 3.32. The molecule has 0 radical (unpaired) electrons. The summed E-state index contributed by atoms with van der Waals surface area (Å²) in [4.78, 5) is 12.4. The van der Waals surface area contributed by atoms with Crippen LogP contribution in [0.5, 0.6) is 0 Å². The van der Waals surface area contributed by atoms with Gasteiger partial charge in [-0.1, -0.05) is 44.0 Å². The van der Waals surface area contributed by atoms with Crippen molar-refractivity contribution in [1.29, 1.82) is 0 Å². The zero-order valence-electron chi connectivity index (χ0n) is 12.3. The van der Waals surface area contributed by atoms with Gasteiger partial charge in [0.15, 0.2) is 0 Å². The van der Waals surface area contributed by atoms with Gasteiger partial charge in [0.25, 0.3) is 0 Å². The lowest BCUT2D eigenvalue weighted by atomic mass is 9.77. The summed E-state index contributed by atoms with van der Waals surface area (Å²) in [5.74, 6) is 1.67. The predicted octanol–water partition coefficient (Wildman–Crippen LogP) is 4.71. The van der Waals surface area contributed by atoms with E-state index in [2.05, 4.69) is 26.0 Å². The van der Waals surface area contributed by atoms with Gasteiger partial charge >= 0.3 is 0 Å². The van der Waals surface area contributed by atoms with Gasteiger partial charge in [-0.2, -0.15) is 0 Å². The summed E-state index contributed by atoms with van der Waals surface area (Å²) in [5.41, 5.74) is 2.46. The van der Waals surface area contributed by atoms with Gasteiger partial charge in [-0.3, -0.25) is 4.79 Å². The first-order chi connectivity index (χ1) is 9.20. The lowest BCUT2D eigenvalue weighted by molar-refractivity contribution is -0.123. The number of carbonyl (C=O) groups excluding carboxylic acids is 1. The van der Waals surface area contributed by atoms with Gasteiger partial charge in [0.05, 0.1) is 0 Å². The van der Waals surface area contributed by atoms with E-state index in [9.17, 15) is 4.79 Å². The molecule has 0 N–H and O–H groups in total. The molecular formula is C18H26O. The molecule has 0 amide bonds. The van der Waals surface area contributed by atoms with Crippen molar-refractivity contribution in [2.75, 3.05) is 0 Å². The molecule has 19 heavy (non-hydrogen) atoms. The van der Waals surface area contributed by atoms with Crippen LogP contribution >= 0.6 is 0 Å². The highest BCUT2D eigenvalue weighted by Crippen LogP contribution is 2.32. The van der Waals surface area contributed by atoms with Crippen molar-refractivity contribution in [3.8, 4) is 0 Å². The first-order valence-electron chi connectivity index (χ1n) is 7.78. The quantitative estimate of drug-likeness (QED) is 0.747. The Labute approximate surface area is 117 Å². The van der Waals surface area contributed by atoms with Crippen LogP contribution < -0.4 is 0 Å². The van der Waals surface area contributed by atoms with Crippen molar-refractivity contribution in [3.63, 3.8) is 0 Å². The Morgan fingerprint density at radius 2 is 1.84 bits per heavy atom. The molecule has 1 nitrogen and oxygen atoms in total. The maximum Gasteiger partial charge on any atom is 0.140 e. The molecule has 0 spiro atoms. The lowest BCUT2D eigenvalue weighted by Gasteiger charge is -2.27. The second kappa shape index (κ2) is 6.88. The Bertz CT molecular complexity index is 413. The number of hydrogen-bond donors (Lipinski definition) is 0. The van der Waals surface area contributed by atoms with Gasteiger partial charge in [-0.25, -0.2) is 0 Å². The van der Waals surface area contributed by atoms with E-state index in [1.54, 1.807) is 0 Å². The third-order valence-electron chi connectivity index (χ3n) is 4.62. The number of Topliss-reactive ketones (excluding diaryl/α,β-unsaturated/α-hetero) is 1. The van der Waals surface area contributed by atoms with Crippen molar-refractivity contribution in [2.45, 2.75) is 58.8 Å². The molecule has 1 aliphatic carbocycles. The second-order valence-corrected chi connectivity index (χ2v) is 6.08. The van der Waals surface area contributed by atoms with Crippen LogP contribution in [0.2, 0.25) is 0 Å². The van der Waals surface area contributed by atoms with Crippen molar-refractivity contribution in [1.82, 2.24) is 0 Å². The number of benzene rings is 1. The average Bonchev–Trinajstić information content (AvgIpc) is 2.42. The Balaban J connectivity index is 1.87. The van der Waals surface area contributed by atoms with Crippen molar-refractivity contribution >= 4 is 5.78 Å². The molecule has 0 aromatic heterocycles. The van der Waals surface area contributed by atoms with Crippen LogP contribution in [0.4, 0.5) is 0 Å². The highest BCUT2D eigenvalue weighted by Gasteiger charge is 2.25. The Hall–Kier alpha value is -1.11. The monoisotopic (exact) mass is 258 g/mol. The molecule has 1 aliphatic rings. The van der Waals surface area contributed by atoms with Crippen molar-refractivity contribution in [3.05, 3.63) is 35.4 Å². The van der Waals surface area contributed by atoms with E-state index in [0.29, 0.717) is 18.1 Å². The molecule has 1 aromatic carbocycles. The molecule has 0 saturated heterocycles. The number of aryl methyl sites for hydroxylation is 1. The Morgan fingerprint density at radius 3 is 2.47 bits per heavy atom. The normalized spacial score (nSPS) is 23.3. The van der Waals surface area contributed by atoms with Gasteiger partial charge in [-0.15, -0.1) is 0 Å². The van der Waals surface area contributed by atoms with Crippen molar-refractivity contribution < 1.29 is 4.79 Å². The molecule has 0 bridgehead atoms. The molecule has 0 unspecified atom stereocenters. The van der Waals surface area contributed by atoms with Gasteiger partial charge < -0.3 is 0 Å². The third kappa shape index (κ3) is 3.92. The highest BCUT2D eigenvalue weighted by molar-refractivity contribution is 5.83. The van der Waals surface area contributed by atoms with Gasteiger partial charge in [0.1, 0.15) is 5.78 Å². The highest BCUT2D eigenvalue weighted by atomic mass is 16.1. The summed E-state index contributed by atoms with van der Waals surface area (Å²) in [7, 11) is 0. The van der Waals surface area contributed by atoms with E-state index < -0.39 is 0 Å². The summed E-state index contributed by atoms with van der Waals surface area (Å²) in [6, 6.07) is 8.27. The van der Waals surface area contributed by atoms with Crippen LogP contribution in [0.3, 0.4) is 0 Å². The van der Waals surface area contributed by atoms with E-state index in [1.165, 1.54) is 36.8 Å². The summed E-state index contributed by atoms with van der Waals surface area (Å²) in [5, 5.41) is 0. The van der Waals surface area contributed by atoms with Crippen molar-refractivity contribution in [2.24, 2.45) is 11.8 Å². The number of rotatable bonds is 5. The maximum absolute atomic E-state index is 12.4. The summed E-state index contributed by atoms with van der Waals surface area (Å²) < 4.78 is 0. The maximum atomic E-state index is 12.4. The smallest absolute Gasteiger partial charge is 0.140 e. The summed E-state index contributed by atoms with van der Waals surface area (Å²) >= 11 is 0. The molecule has 104 valence electrons. The number of hydrogen-bond acceptors (Lipinski definition) is 1. The topological polar surface area (TPSA) is 17.1 Å². The lowest BCUT2D eigenvalue weighted by Crippen LogP contribution is -2.23. The fraction of sp³-hybridized carbons (Fsp3) is 0.611. The van der Waals surface area contributed by atoms with E-state index >= 15 is 0 Å². The molecule has 0 heterocycles. The predicted molar refractivity (Wildman–Crippen MR) is 80.2 cm³/mol. The molecule has 2 rings (SSSR count). The summed E-state index contributed by atoms with van der Waals surface area (Å²) in [6.07, 6.45) is 8.03. The second-order valence-electron chi connectivity index (χ2n) is 6.08. The molecule has 0 atom stereocenters. The fourth-order valence-electron chi connectivity index (χ4n) is 3.32.